The van der Waals surface area contributed by atoms with Crippen molar-refractivity contribution < 1.29 is 0 Å². The zero-order valence-electron chi connectivity index (χ0n) is 11.6. The van der Waals surface area contributed by atoms with Crippen molar-refractivity contribution in [1.29, 1.82) is 0 Å². The molecule has 0 saturated heterocycles. The van der Waals surface area contributed by atoms with Gasteiger partial charge in [0, 0.05) is 9.61 Å². The molecular weight excluding hydrogens is 321 g/mol. The van der Waals surface area contributed by atoms with Gasteiger partial charge in [-0.1, -0.05) is 39.0 Å². The SMILES string of the molecule is CNC(CCC(C)(C)C)c1cccc(C)c1I. The Labute approximate surface area is 120 Å². The Balaban J connectivity index is 2.83. The van der Waals surface area contributed by atoms with E-state index in [9.17, 15) is 0 Å². The highest BCUT2D eigenvalue weighted by Gasteiger charge is 2.17. The van der Waals surface area contributed by atoms with Crippen LogP contribution in [0.15, 0.2) is 18.2 Å². The first kappa shape index (κ1) is 15.0. The summed E-state index contributed by atoms with van der Waals surface area (Å²) >= 11 is 2.46. The number of halogens is 1. The molecule has 96 valence electrons. The van der Waals surface area contributed by atoms with Crippen LogP contribution in [0.5, 0.6) is 0 Å². The number of hydrogen-bond acceptors (Lipinski definition) is 1. The van der Waals surface area contributed by atoms with Crippen LogP contribution in [0.2, 0.25) is 0 Å². The number of rotatable bonds is 4. The Kier molecular flexibility index (Phi) is 5.45. The number of benzene rings is 1. The summed E-state index contributed by atoms with van der Waals surface area (Å²) in [7, 11) is 2.06. The molecule has 1 aromatic rings. The van der Waals surface area contributed by atoms with E-state index >= 15 is 0 Å². The third-order valence-corrected chi connectivity index (χ3v) is 4.60. The Hall–Kier alpha value is -0.0900. The van der Waals surface area contributed by atoms with Gasteiger partial charge in [-0.3, -0.25) is 0 Å². The fraction of sp³-hybridized carbons (Fsp3) is 0.600. The molecule has 0 fully saturated rings. The van der Waals surface area contributed by atoms with Gasteiger partial charge in [0.25, 0.3) is 0 Å². The molecule has 0 bridgehead atoms. The van der Waals surface area contributed by atoms with E-state index in [1.807, 2.05) is 0 Å². The molecule has 1 N–H and O–H groups in total. The zero-order chi connectivity index (χ0) is 13.1. The summed E-state index contributed by atoms with van der Waals surface area (Å²) in [5, 5.41) is 3.45. The van der Waals surface area contributed by atoms with Crippen molar-refractivity contribution in [2.45, 2.75) is 46.6 Å². The standard InChI is InChI=1S/C15H24IN/c1-11-7-6-8-12(14(11)16)13(17-5)9-10-15(2,3)4/h6-8,13,17H,9-10H2,1-5H3. The normalized spacial score (nSPS) is 13.8. The average molecular weight is 345 g/mol. The third kappa shape index (κ3) is 4.59. The molecule has 0 saturated carbocycles. The van der Waals surface area contributed by atoms with E-state index in [1.165, 1.54) is 27.5 Å². The highest BCUT2D eigenvalue weighted by atomic mass is 127. The Morgan fingerprint density at radius 3 is 2.47 bits per heavy atom. The summed E-state index contributed by atoms with van der Waals surface area (Å²) in [6.07, 6.45) is 2.43. The summed E-state index contributed by atoms with van der Waals surface area (Å²) in [6.45, 7) is 9.10. The predicted octanol–water partition coefficient (Wildman–Crippen LogP) is 4.69. The lowest BCUT2D eigenvalue weighted by Gasteiger charge is -2.24. The largest absolute Gasteiger partial charge is 0.313 e. The molecule has 0 spiro atoms. The van der Waals surface area contributed by atoms with Crippen molar-refractivity contribution in [1.82, 2.24) is 5.32 Å². The molecule has 0 heterocycles. The summed E-state index contributed by atoms with van der Waals surface area (Å²) < 4.78 is 1.40. The number of hydrogen-bond donors (Lipinski definition) is 1. The van der Waals surface area contributed by atoms with Gasteiger partial charge in [0.05, 0.1) is 0 Å². The fourth-order valence-electron chi connectivity index (χ4n) is 1.97. The average Bonchev–Trinajstić information content (AvgIpc) is 2.23. The van der Waals surface area contributed by atoms with Crippen LogP contribution in [-0.4, -0.2) is 7.05 Å². The van der Waals surface area contributed by atoms with Gasteiger partial charge in [0.2, 0.25) is 0 Å². The van der Waals surface area contributed by atoms with Crippen LogP contribution in [0.1, 0.15) is 50.8 Å². The molecule has 2 heteroatoms. The predicted molar refractivity (Wildman–Crippen MR) is 84.4 cm³/mol. The quantitative estimate of drug-likeness (QED) is 0.781. The van der Waals surface area contributed by atoms with E-state index in [-0.39, 0.29) is 0 Å². The van der Waals surface area contributed by atoms with Gasteiger partial charge in [-0.25, -0.2) is 0 Å². The van der Waals surface area contributed by atoms with Gasteiger partial charge >= 0.3 is 0 Å². The molecule has 0 amide bonds. The molecular formula is C15H24IN. The van der Waals surface area contributed by atoms with E-state index in [0.717, 1.165) is 0 Å². The lowest BCUT2D eigenvalue weighted by Crippen LogP contribution is -2.20. The molecule has 1 nitrogen and oxygen atoms in total. The van der Waals surface area contributed by atoms with E-state index in [0.29, 0.717) is 11.5 Å². The molecule has 1 rings (SSSR count). The van der Waals surface area contributed by atoms with Gasteiger partial charge in [-0.2, -0.15) is 0 Å². The van der Waals surface area contributed by atoms with Gasteiger partial charge in [0.15, 0.2) is 0 Å². The highest BCUT2D eigenvalue weighted by Crippen LogP contribution is 2.30. The third-order valence-electron chi connectivity index (χ3n) is 3.13. The smallest absolute Gasteiger partial charge is 0.0328 e. The summed E-state index contributed by atoms with van der Waals surface area (Å²) in [5.41, 5.74) is 3.22. The van der Waals surface area contributed by atoms with Crippen molar-refractivity contribution >= 4 is 22.6 Å². The van der Waals surface area contributed by atoms with Gasteiger partial charge in [0.1, 0.15) is 0 Å². The molecule has 0 aromatic heterocycles. The molecule has 1 unspecified atom stereocenters. The zero-order valence-corrected chi connectivity index (χ0v) is 13.8. The van der Waals surface area contributed by atoms with Gasteiger partial charge in [-0.15, -0.1) is 0 Å². The first-order valence-corrected chi connectivity index (χ1v) is 7.35. The molecule has 0 radical (unpaired) electrons. The fourth-order valence-corrected chi connectivity index (χ4v) is 2.71. The maximum Gasteiger partial charge on any atom is 0.0328 e. The topological polar surface area (TPSA) is 12.0 Å². The van der Waals surface area contributed by atoms with Gasteiger partial charge < -0.3 is 5.32 Å². The van der Waals surface area contributed by atoms with Crippen molar-refractivity contribution in [2.75, 3.05) is 7.05 Å². The van der Waals surface area contributed by atoms with Crippen LogP contribution < -0.4 is 5.32 Å². The van der Waals surface area contributed by atoms with Crippen LogP contribution in [0, 0.1) is 15.9 Å². The van der Waals surface area contributed by atoms with Crippen LogP contribution in [0.25, 0.3) is 0 Å². The molecule has 0 aliphatic heterocycles. The molecule has 0 aliphatic carbocycles. The van der Waals surface area contributed by atoms with Crippen LogP contribution >= 0.6 is 22.6 Å². The van der Waals surface area contributed by atoms with Crippen molar-refractivity contribution in [2.24, 2.45) is 5.41 Å². The minimum atomic E-state index is 0.407. The second kappa shape index (κ2) is 6.19. The maximum atomic E-state index is 3.45. The minimum Gasteiger partial charge on any atom is -0.313 e. The summed E-state index contributed by atoms with van der Waals surface area (Å²) in [5.74, 6) is 0. The molecule has 1 atom stereocenters. The van der Waals surface area contributed by atoms with E-state index < -0.39 is 0 Å². The number of nitrogens with one attached hydrogen (secondary N) is 1. The lowest BCUT2D eigenvalue weighted by atomic mass is 9.87. The van der Waals surface area contributed by atoms with Crippen molar-refractivity contribution in [3.63, 3.8) is 0 Å². The first-order chi connectivity index (χ1) is 7.85. The second-order valence-electron chi connectivity index (χ2n) is 5.92. The first-order valence-electron chi connectivity index (χ1n) is 6.27. The Bertz CT molecular complexity index is 366. The van der Waals surface area contributed by atoms with E-state index in [1.54, 1.807) is 0 Å². The van der Waals surface area contributed by atoms with E-state index in [2.05, 4.69) is 80.8 Å². The summed E-state index contributed by atoms with van der Waals surface area (Å²) in [4.78, 5) is 0. The van der Waals surface area contributed by atoms with Crippen LogP contribution in [0.3, 0.4) is 0 Å². The van der Waals surface area contributed by atoms with Crippen LogP contribution in [0.4, 0.5) is 0 Å². The Morgan fingerprint density at radius 1 is 1.29 bits per heavy atom. The van der Waals surface area contributed by atoms with Crippen LogP contribution in [-0.2, 0) is 0 Å². The Morgan fingerprint density at radius 2 is 1.94 bits per heavy atom. The highest BCUT2D eigenvalue weighted by molar-refractivity contribution is 14.1. The van der Waals surface area contributed by atoms with E-state index in [4.69, 9.17) is 0 Å². The second-order valence-corrected chi connectivity index (χ2v) is 7.00. The van der Waals surface area contributed by atoms with Gasteiger partial charge in [-0.05, 0) is 65.9 Å². The minimum absolute atomic E-state index is 0.407. The number of aryl methyl sites for hydroxylation is 1. The monoisotopic (exact) mass is 345 g/mol. The van der Waals surface area contributed by atoms with Crippen molar-refractivity contribution in [3.05, 3.63) is 32.9 Å². The van der Waals surface area contributed by atoms with Crippen molar-refractivity contribution in [3.8, 4) is 0 Å². The summed E-state index contributed by atoms with van der Waals surface area (Å²) in [6, 6.07) is 7.07. The lowest BCUT2D eigenvalue weighted by molar-refractivity contribution is 0.337. The molecule has 17 heavy (non-hydrogen) atoms. The maximum absolute atomic E-state index is 3.45. The molecule has 1 aromatic carbocycles. The molecule has 0 aliphatic rings.